The first-order chi connectivity index (χ1) is 9.17. The lowest BCUT2D eigenvalue weighted by atomic mass is 10.2. The highest BCUT2D eigenvalue weighted by Crippen LogP contribution is 2.18. The van der Waals surface area contributed by atoms with Crippen molar-refractivity contribution in [2.75, 3.05) is 6.54 Å². The zero-order chi connectivity index (χ0) is 13.8. The normalized spacial score (nSPS) is 12.1. The summed E-state index contributed by atoms with van der Waals surface area (Å²) in [6, 6.07) is 9.65. The molecule has 0 radical (unpaired) electrons. The van der Waals surface area contributed by atoms with E-state index in [1.807, 2.05) is 25.1 Å². The van der Waals surface area contributed by atoms with Crippen LogP contribution < -0.4 is 5.32 Å². The molecule has 0 amide bonds. The van der Waals surface area contributed by atoms with Gasteiger partial charge in [0.2, 0.25) is 0 Å². The Bertz CT molecular complexity index is 609. The van der Waals surface area contributed by atoms with Crippen molar-refractivity contribution >= 4 is 0 Å². The van der Waals surface area contributed by atoms with Crippen molar-refractivity contribution in [1.29, 1.82) is 5.26 Å². The smallest absolute Gasteiger partial charge is 0.103 e. The van der Waals surface area contributed by atoms with E-state index < -0.39 is 0 Å². The van der Waals surface area contributed by atoms with E-state index >= 15 is 0 Å². The van der Waals surface area contributed by atoms with Gasteiger partial charge in [0.05, 0.1) is 29.1 Å². The Kier molecular flexibility index (Phi) is 3.93. The van der Waals surface area contributed by atoms with Gasteiger partial charge in [0.1, 0.15) is 5.69 Å². The minimum absolute atomic E-state index is 0.165. The van der Waals surface area contributed by atoms with Gasteiger partial charge in [0.15, 0.2) is 0 Å². The van der Waals surface area contributed by atoms with E-state index in [1.165, 1.54) is 0 Å². The lowest BCUT2D eigenvalue weighted by molar-refractivity contribution is 0.579. The van der Waals surface area contributed by atoms with Crippen LogP contribution in [0, 0.1) is 18.3 Å². The van der Waals surface area contributed by atoms with Crippen LogP contribution in [0.2, 0.25) is 0 Å². The van der Waals surface area contributed by atoms with Crippen LogP contribution in [0.15, 0.2) is 24.3 Å². The highest BCUT2D eigenvalue weighted by atomic mass is 15.4. The third kappa shape index (κ3) is 2.64. The Balaban J connectivity index is 2.39. The van der Waals surface area contributed by atoms with E-state index in [0.717, 1.165) is 23.6 Å². The van der Waals surface area contributed by atoms with Gasteiger partial charge in [-0.3, -0.25) is 0 Å². The Hall–Kier alpha value is -2.19. The van der Waals surface area contributed by atoms with Crippen molar-refractivity contribution in [3.8, 4) is 11.8 Å². The maximum Gasteiger partial charge on any atom is 0.103 e. The summed E-state index contributed by atoms with van der Waals surface area (Å²) in [4.78, 5) is 0. The van der Waals surface area contributed by atoms with Crippen molar-refractivity contribution in [3.63, 3.8) is 0 Å². The molecule has 0 saturated heterocycles. The Labute approximate surface area is 112 Å². The molecule has 0 fully saturated rings. The number of rotatable bonds is 4. The summed E-state index contributed by atoms with van der Waals surface area (Å²) in [5.74, 6) is 0. The van der Waals surface area contributed by atoms with E-state index in [-0.39, 0.29) is 6.04 Å². The molecule has 98 valence electrons. The fourth-order valence-electron chi connectivity index (χ4n) is 2.10. The Morgan fingerprint density at radius 3 is 2.95 bits per heavy atom. The van der Waals surface area contributed by atoms with E-state index in [4.69, 9.17) is 5.26 Å². The quantitative estimate of drug-likeness (QED) is 0.908. The van der Waals surface area contributed by atoms with Crippen molar-refractivity contribution in [1.82, 2.24) is 20.3 Å². The SMILES string of the molecule is CCNC(C)c1nnn(-c2cccc(C#N)c2)c1C. The summed E-state index contributed by atoms with van der Waals surface area (Å²) in [6.07, 6.45) is 0. The minimum atomic E-state index is 0.165. The predicted octanol–water partition coefficient (Wildman–Crippen LogP) is 2.12. The van der Waals surface area contributed by atoms with E-state index in [1.54, 1.807) is 10.7 Å². The number of nitrogens with one attached hydrogen (secondary N) is 1. The molecule has 5 heteroatoms. The number of benzene rings is 1. The maximum atomic E-state index is 8.94. The van der Waals surface area contributed by atoms with Crippen molar-refractivity contribution < 1.29 is 0 Å². The van der Waals surface area contributed by atoms with Gasteiger partial charge in [-0.15, -0.1) is 5.10 Å². The Morgan fingerprint density at radius 2 is 2.26 bits per heavy atom. The van der Waals surface area contributed by atoms with Crippen molar-refractivity contribution in [2.24, 2.45) is 0 Å². The molecule has 19 heavy (non-hydrogen) atoms. The minimum Gasteiger partial charge on any atom is -0.309 e. The first-order valence-corrected chi connectivity index (χ1v) is 6.33. The molecule has 2 rings (SSSR count). The van der Waals surface area contributed by atoms with Crippen LogP contribution in [0.3, 0.4) is 0 Å². The van der Waals surface area contributed by atoms with Crippen LogP contribution in [0.25, 0.3) is 5.69 Å². The second kappa shape index (κ2) is 5.63. The van der Waals surface area contributed by atoms with Crippen molar-refractivity contribution in [3.05, 3.63) is 41.2 Å². The summed E-state index contributed by atoms with van der Waals surface area (Å²) in [5.41, 5.74) is 3.40. The summed E-state index contributed by atoms with van der Waals surface area (Å²) >= 11 is 0. The fraction of sp³-hybridized carbons (Fsp3) is 0.357. The number of aromatic nitrogens is 3. The molecule has 1 unspecified atom stereocenters. The highest BCUT2D eigenvalue weighted by molar-refractivity contribution is 5.41. The average molecular weight is 255 g/mol. The topological polar surface area (TPSA) is 66.5 Å². The molecular weight excluding hydrogens is 238 g/mol. The largest absolute Gasteiger partial charge is 0.309 e. The molecule has 2 aromatic rings. The molecule has 0 spiro atoms. The molecule has 1 aromatic heterocycles. The molecule has 1 atom stereocenters. The lowest BCUT2D eigenvalue weighted by Gasteiger charge is -2.10. The third-order valence-electron chi connectivity index (χ3n) is 3.07. The van der Waals surface area contributed by atoms with Gasteiger partial charge in [-0.2, -0.15) is 5.26 Å². The van der Waals surface area contributed by atoms with Gasteiger partial charge in [-0.05, 0) is 38.6 Å². The third-order valence-corrected chi connectivity index (χ3v) is 3.07. The van der Waals surface area contributed by atoms with Crippen LogP contribution in [0.5, 0.6) is 0 Å². The van der Waals surface area contributed by atoms with Gasteiger partial charge in [-0.25, -0.2) is 4.68 Å². The molecule has 1 heterocycles. The fourth-order valence-corrected chi connectivity index (χ4v) is 2.10. The molecule has 0 aliphatic heterocycles. The van der Waals surface area contributed by atoms with Gasteiger partial charge in [0, 0.05) is 0 Å². The molecule has 0 bridgehead atoms. The molecular formula is C14H17N5. The first-order valence-electron chi connectivity index (χ1n) is 6.33. The van der Waals surface area contributed by atoms with Gasteiger partial charge >= 0.3 is 0 Å². The predicted molar refractivity (Wildman–Crippen MR) is 72.9 cm³/mol. The van der Waals surface area contributed by atoms with Crippen LogP contribution >= 0.6 is 0 Å². The van der Waals surface area contributed by atoms with E-state index in [0.29, 0.717) is 5.56 Å². The van der Waals surface area contributed by atoms with Crippen LogP contribution in [0.4, 0.5) is 0 Å². The molecule has 1 aromatic carbocycles. The summed E-state index contributed by atoms with van der Waals surface area (Å²) in [6.45, 7) is 7.00. The van der Waals surface area contributed by atoms with Gasteiger partial charge in [0.25, 0.3) is 0 Å². The second-order valence-corrected chi connectivity index (χ2v) is 4.41. The summed E-state index contributed by atoms with van der Waals surface area (Å²) in [5, 5.41) is 20.7. The molecule has 5 nitrogen and oxygen atoms in total. The van der Waals surface area contributed by atoms with E-state index in [2.05, 4.69) is 35.5 Å². The zero-order valence-electron chi connectivity index (χ0n) is 11.4. The number of nitriles is 1. The van der Waals surface area contributed by atoms with Gasteiger partial charge in [-0.1, -0.05) is 18.2 Å². The maximum absolute atomic E-state index is 8.94. The standard InChI is InChI=1S/C14H17N5/c1-4-16-10(2)14-11(3)19(18-17-14)13-7-5-6-12(8-13)9-15/h5-8,10,16H,4H2,1-3H3. The molecule has 0 aliphatic rings. The van der Waals surface area contributed by atoms with Crippen molar-refractivity contribution in [2.45, 2.75) is 26.8 Å². The second-order valence-electron chi connectivity index (χ2n) is 4.41. The van der Waals surface area contributed by atoms with E-state index in [9.17, 15) is 0 Å². The zero-order valence-corrected chi connectivity index (χ0v) is 11.4. The van der Waals surface area contributed by atoms with Gasteiger partial charge < -0.3 is 5.32 Å². The number of hydrogen-bond donors (Lipinski definition) is 1. The highest BCUT2D eigenvalue weighted by Gasteiger charge is 2.15. The molecule has 0 aliphatic carbocycles. The molecule has 1 N–H and O–H groups in total. The Morgan fingerprint density at radius 1 is 1.47 bits per heavy atom. The molecule has 0 saturated carbocycles. The lowest BCUT2D eigenvalue weighted by Crippen LogP contribution is -2.19. The summed E-state index contributed by atoms with van der Waals surface area (Å²) < 4.78 is 1.77. The average Bonchev–Trinajstić information content (AvgIpc) is 2.81. The summed E-state index contributed by atoms with van der Waals surface area (Å²) in [7, 11) is 0. The van der Waals surface area contributed by atoms with Crippen LogP contribution in [-0.2, 0) is 0 Å². The van der Waals surface area contributed by atoms with Crippen LogP contribution in [-0.4, -0.2) is 21.5 Å². The van der Waals surface area contributed by atoms with Crippen LogP contribution in [0.1, 0.15) is 36.8 Å². The first kappa shape index (κ1) is 13.2. The monoisotopic (exact) mass is 255 g/mol. The number of hydrogen-bond acceptors (Lipinski definition) is 4. The number of nitrogens with zero attached hydrogens (tertiary/aromatic N) is 4.